The summed E-state index contributed by atoms with van der Waals surface area (Å²) < 4.78 is 16.5. The Hall–Kier alpha value is -2.82. The van der Waals surface area contributed by atoms with Crippen LogP contribution in [0.15, 0.2) is 35.2 Å². The summed E-state index contributed by atoms with van der Waals surface area (Å²) in [5.74, 6) is 2.32. The van der Waals surface area contributed by atoms with E-state index in [9.17, 15) is 9.90 Å². The summed E-state index contributed by atoms with van der Waals surface area (Å²) in [6, 6.07) is 9.51. The molecule has 0 saturated carbocycles. The molecule has 2 aromatic rings. The first-order chi connectivity index (χ1) is 17.4. The summed E-state index contributed by atoms with van der Waals surface area (Å²) in [4.78, 5) is 20.2. The van der Waals surface area contributed by atoms with Crippen molar-refractivity contribution < 1.29 is 24.1 Å². The van der Waals surface area contributed by atoms with Crippen LogP contribution in [0.1, 0.15) is 12.0 Å². The molecule has 1 amide bonds. The number of phenols is 1. The molecule has 10 heteroatoms. The lowest BCUT2D eigenvalue weighted by Gasteiger charge is -2.34. The molecule has 1 unspecified atom stereocenters. The van der Waals surface area contributed by atoms with E-state index in [0.29, 0.717) is 36.1 Å². The van der Waals surface area contributed by atoms with Crippen molar-refractivity contribution in [2.24, 2.45) is 0 Å². The predicted octanol–water partition coefficient (Wildman–Crippen LogP) is 2.61. The molecule has 0 radical (unpaired) electrons. The number of nitrogens with one attached hydrogen (secondary N) is 1. The maximum Gasteiger partial charge on any atom is 0.234 e. The number of hydrogen-bond donors (Lipinski definition) is 2. The molecule has 1 saturated heterocycles. The summed E-state index contributed by atoms with van der Waals surface area (Å²) in [6.07, 6.45) is 0.808. The van der Waals surface area contributed by atoms with Crippen LogP contribution < -0.4 is 24.4 Å². The molecule has 196 valence electrons. The van der Waals surface area contributed by atoms with Crippen LogP contribution in [0.2, 0.25) is 0 Å². The van der Waals surface area contributed by atoms with Gasteiger partial charge >= 0.3 is 0 Å². The van der Waals surface area contributed by atoms with E-state index in [0.717, 1.165) is 55.3 Å². The minimum absolute atomic E-state index is 0.0519. The molecule has 2 aliphatic heterocycles. The van der Waals surface area contributed by atoms with Gasteiger partial charge in [-0.1, -0.05) is 23.9 Å². The Morgan fingerprint density at radius 2 is 1.75 bits per heavy atom. The monoisotopic (exact) mass is 516 g/mol. The fraction of sp³-hybridized carbons (Fsp3) is 0.500. The van der Waals surface area contributed by atoms with E-state index in [1.165, 1.54) is 0 Å². The van der Waals surface area contributed by atoms with E-state index < -0.39 is 0 Å². The van der Waals surface area contributed by atoms with Crippen LogP contribution >= 0.6 is 11.8 Å². The highest BCUT2D eigenvalue weighted by Crippen LogP contribution is 2.48. The summed E-state index contributed by atoms with van der Waals surface area (Å²) >= 11 is 1.65. The minimum Gasteiger partial charge on any atom is -0.507 e. The number of carbonyl (C=O) groups excluding carboxylic acids is 1. The van der Waals surface area contributed by atoms with E-state index in [4.69, 9.17) is 14.2 Å². The average molecular weight is 517 g/mol. The lowest BCUT2D eigenvalue weighted by Crippen LogP contribution is -2.49. The normalized spacial score (nSPS) is 18.1. The van der Waals surface area contributed by atoms with E-state index in [-0.39, 0.29) is 11.3 Å². The highest BCUT2D eigenvalue weighted by molar-refractivity contribution is 8.00. The molecular formula is C26H36N4O5S. The van der Waals surface area contributed by atoms with Crippen LogP contribution in [0.4, 0.5) is 5.69 Å². The SMILES string of the molecule is COc1ccc(CN2CCN(CC(=O)NCCC3Sc4c(O)cccc4N3C)CC2)c(OC)c1OC. The second-order valence-electron chi connectivity index (χ2n) is 8.99. The third-order valence-corrected chi connectivity index (χ3v) is 8.24. The van der Waals surface area contributed by atoms with Gasteiger partial charge in [-0.3, -0.25) is 14.6 Å². The number of nitrogens with zero attached hydrogens (tertiary/aromatic N) is 3. The molecule has 36 heavy (non-hydrogen) atoms. The zero-order valence-corrected chi connectivity index (χ0v) is 22.3. The van der Waals surface area contributed by atoms with Crippen molar-refractivity contribution in [2.75, 3.05) is 72.5 Å². The summed E-state index contributed by atoms with van der Waals surface area (Å²) in [6.45, 7) is 5.16. The van der Waals surface area contributed by atoms with Crippen molar-refractivity contribution in [1.29, 1.82) is 0 Å². The van der Waals surface area contributed by atoms with Crippen molar-refractivity contribution in [1.82, 2.24) is 15.1 Å². The van der Waals surface area contributed by atoms with Crippen LogP contribution in [0.5, 0.6) is 23.0 Å². The molecule has 0 bridgehead atoms. The van der Waals surface area contributed by atoms with Crippen molar-refractivity contribution in [3.63, 3.8) is 0 Å². The van der Waals surface area contributed by atoms with E-state index in [1.54, 1.807) is 39.2 Å². The van der Waals surface area contributed by atoms with E-state index >= 15 is 0 Å². The standard InChI is InChI=1S/C26H36N4O5S/c1-28-19-6-5-7-20(31)26(19)36-23(28)10-11-27-22(32)17-30-14-12-29(13-15-30)16-18-8-9-21(33-2)25(35-4)24(18)34-3/h5-9,23,31H,10-17H2,1-4H3,(H,27,32). The van der Waals surface area contributed by atoms with Gasteiger partial charge in [0.05, 0.1) is 43.8 Å². The molecule has 2 aromatic carbocycles. The van der Waals surface area contributed by atoms with Crippen LogP contribution in [0.25, 0.3) is 0 Å². The smallest absolute Gasteiger partial charge is 0.234 e. The summed E-state index contributed by atoms with van der Waals surface area (Å²) in [7, 11) is 6.90. The quantitative estimate of drug-likeness (QED) is 0.495. The van der Waals surface area contributed by atoms with Crippen LogP contribution in [0.3, 0.4) is 0 Å². The summed E-state index contributed by atoms with van der Waals surface area (Å²) in [5, 5.41) is 13.4. The van der Waals surface area contributed by atoms with Gasteiger partial charge in [0.1, 0.15) is 5.75 Å². The Balaban J connectivity index is 1.20. The first kappa shape index (κ1) is 26.2. The molecule has 2 aliphatic rings. The van der Waals surface area contributed by atoms with Gasteiger partial charge in [0.15, 0.2) is 11.5 Å². The van der Waals surface area contributed by atoms with Crippen LogP contribution in [-0.2, 0) is 11.3 Å². The fourth-order valence-electron chi connectivity index (χ4n) is 4.76. The number of aromatic hydroxyl groups is 1. The number of hydrogen-bond acceptors (Lipinski definition) is 9. The molecule has 0 aliphatic carbocycles. The van der Waals surface area contributed by atoms with Gasteiger partial charge in [0.25, 0.3) is 0 Å². The number of phenolic OH excluding ortho intramolecular Hbond substituents is 1. The minimum atomic E-state index is 0.0519. The lowest BCUT2D eigenvalue weighted by molar-refractivity contribution is -0.122. The number of thioether (sulfide) groups is 1. The molecule has 2 N–H and O–H groups in total. The molecule has 0 aromatic heterocycles. The third-order valence-electron chi connectivity index (χ3n) is 6.76. The second-order valence-corrected chi connectivity index (χ2v) is 10.2. The maximum absolute atomic E-state index is 12.6. The number of ether oxygens (including phenoxy) is 3. The average Bonchev–Trinajstić information content (AvgIpc) is 3.21. The molecular weight excluding hydrogens is 480 g/mol. The summed E-state index contributed by atoms with van der Waals surface area (Å²) in [5.41, 5.74) is 2.09. The number of amides is 1. The van der Waals surface area contributed by atoms with Crippen molar-refractivity contribution in [3.05, 3.63) is 35.9 Å². The van der Waals surface area contributed by atoms with Gasteiger partial charge in [-0.2, -0.15) is 0 Å². The lowest BCUT2D eigenvalue weighted by atomic mass is 10.1. The molecule has 1 atom stereocenters. The van der Waals surface area contributed by atoms with Gasteiger partial charge in [-0.05, 0) is 24.6 Å². The number of rotatable bonds is 10. The zero-order valence-electron chi connectivity index (χ0n) is 21.5. The van der Waals surface area contributed by atoms with Crippen LogP contribution in [-0.4, -0.2) is 93.8 Å². The Bertz CT molecular complexity index is 1060. The highest BCUT2D eigenvalue weighted by Gasteiger charge is 2.29. The molecule has 4 rings (SSSR count). The van der Waals surface area contributed by atoms with Gasteiger partial charge in [0.2, 0.25) is 11.7 Å². The Kier molecular flexibility index (Phi) is 8.71. The highest BCUT2D eigenvalue weighted by atomic mass is 32.2. The Morgan fingerprint density at radius 3 is 2.42 bits per heavy atom. The zero-order chi connectivity index (χ0) is 25.7. The maximum atomic E-state index is 12.6. The van der Waals surface area contributed by atoms with Crippen molar-refractivity contribution in [2.45, 2.75) is 23.2 Å². The predicted molar refractivity (Wildman–Crippen MR) is 142 cm³/mol. The van der Waals surface area contributed by atoms with Gasteiger partial charge in [-0.25, -0.2) is 0 Å². The van der Waals surface area contributed by atoms with Crippen molar-refractivity contribution in [3.8, 4) is 23.0 Å². The van der Waals surface area contributed by atoms with Crippen molar-refractivity contribution >= 4 is 23.4 Å². The molecule has 0 spiro atoms. The fourth-order valence-corrected chi connectivity index (χ4v) is 6.06. The molecule has 2 heterocycles. The largest absolute Gasteiger partial charge is 0.507 e. The number of fused-ring (bicyclic) bond motifs is 1. The van der Waals surface area contributed by atoms with Gasteiger partial charge in [-0.15, -0.1) is 0 Å². The topological polar surface area (TPSA) is 86.7 Å². The Morgan fingerprint density at radius 1 is 1.03 bits per heavy atom. The van der Waals surface area contributed by atoms with Gasteiger partial charge in [0, 0.05) is 51.9 Å². The number of methoxy groups -OCH3 is 3. The van der Waals surface area contributed by atoms with Crippen LogP contribution in [0, 0.1) is 0 Å². The third kappa shape index (κ3) is 5.77. The number of piperazine rings is 1. The Labute approximate surface area is 217 Å². The second kappa shape index (κ2) is 11.9. The molecule has 9 nitrogen and oxygen atoms in total. The van der Waals surface area contributed by atoms with E-state index in [1.807, 2.05) is 31.3 Å². The number of anilines is 1. The number of benzene rings is 2. The number of carbonyl (C=O) groups is 1. The van der Waals surface area contributed by atoms with Gasteiger partial charge < -0.3 is 29.5 Å². The molecule has 1 fully saturated rings. The van der Waals surface area contributed by atoms with E-state index in [2.05, 4.69) is 20.0 Å². The first-order valence-corrected chi connectivity index (χ1v) is 13.0. The first-order valence-electron chi connectivity index (χ1n) is 12.2.